The maximum absolute atomic E-state index is 11.3. The quantitative estimate of drug-likeness (QED) is 0.233. The molecule has 6 rings (SSSR count). The summed E-state index contributed by atoms with van der Waals surface area (Å²) < 4.78 is 34.3. The molecule has 5 aliphatic heterocycles. The van der Waals surface area contributed by atoms with E-state index in [0.717, 1.165) is 13.4 Å². The molecule has 6 aliphatic rings. The zero-order valence-electron chi connectivity index (χ0n) is 16.2. The van der Waals surface area contributed by atoms with E-state index >= 15 is 0 Å². The first-order valence-corrected chi connectivity index (χ1v) is 11.3. The van der Waals surface area contributed by atoms with Crippen molar-refractivity contribution in [1.82, 2.24) is 5.32 Å². The molecule has 162 valence electrons. The minimum Gasteiger partial charge on any atom is -0.365 e. The van der Waals surface area contributed by atoms with Crippen LogP contribution in [0.25, 0.3) is 0 Å². The highest BCUT2D eigenvalue weighted by molar-refractivity contribution is 7.85. The Balaban J connectivity index is 0.000000116. The lowest BCUT2D eigenvalue weighted by Gasteiger charge is -2.12. The van der Waals surface area contributed by atoms with Gasteiger partial charge in [0.1, 0.15) is 11.6 Å². The van der Waals surface area contributed by atoms with Crippen LogP contribution < -0.4 is 5.32 Å². The Morgan fingerprint density at radius 1 is 0.800 bits per heavy atom. The number of nitrogens with one attached hydrogen (secondary N) is 1. The number of ether oxygens (including phenoxy) is 2. The Bertz CT molecular complexity index is 850. The molecule has 8 unspecified atom stereocenters. The molecule has 0 radical (unpaired) electrons. The molecule has 30 heavy (non-hydrogen) atoms. The molecule has 5 heterocycles. The first-order chi connectivity index (χ1) is 14.1. The predicted molar refractivity (Wildman–Crippen MR) is 99.2 cm³/mol. The highest BCUT2D eigenvalue weighted by atomic mass is 32.2. The van der Waals surface area contributed by atoms with Crippen LogP contribution in [-0.4, -0.2) is 69.6 Å². The fourth-order valence-electron chi connectivity index (χ4n) is 4.70. The van der Waals surface area contributed by atoms with Gasteiger partial charge in [-0.05, 0) is 0 Å². The van der Waals surface area contributed by atoms with Crippen molar-refractivity contribution in [1.29, 1.82) is 0 Å². The van der Waals surface area contributed by atoms with E-state index < -0.39 is 10.1 Å². The average molecular weight is 439 g/mol. The Morgan fingerprint density at radius 2 is 1.13 bits per heavy atom. The molecular weight excluding hydrogens is 418 g/mol. The minimum atomic E-state index is -3.16. The first kappa shape index (κ1) is 21.0. The second-order valence-electron chi connectivity index (χ2n) is 7.84. The van der Waals surface area contributed by atoms with Gasteiger partial charge in [0.2, 0.25) is 11.8 Å². The first-order valence-electron chi connectivity index (χ1n) is 9.44. The van der Waals surface area contributed by atoms with E-state index in [0.29, 0.717) is 0 Å². The molecule has 0 spiro atoms. The van der Waals surface area contributed by atoms with Crippen molar-refractivity contribution in [2.24, 2.45) is 23.7 Å². The smallest absolute Gasteiger partial charge is 0.264 e. The van der Waals surface area contributed by atoms with Crippen molar-refractivity contribution in [3.8, 4) is 0 Å². The maximum Gasteiger partial charge on any atom is 0.264 e. The van der Waals surface area contributed by atoms with Crippen LogP contribution in [0.4, 0.5) is 0 Å². The molecule has 4 fully saturated rings. The summed E-state index contributed by atoms with van der Waals surface area (Å²) in [4.78, 5) is 45.1. The Hall–Kier alpha value is -2.21. The second kappa shape index (κ2) is 7.49. The van der Waals surface area contributed by atoms with Crippen LogP contribution in [0, 0.1) is 23.7 Å². The van der Waals surface area contributed by atoms with Crippen molar-refractivity contribution >= 4 is 33.5 Å². The Morgan fingerprint density at radius 3 is 1.47 bits per heavy atom. The molecule has 0 aromatic rings. The summed E-state index contributed by atoms with van der Waals surface area (Å²) in [5.41, 5.74) is 0. The lowest BCUT2D eigenvalue weighted by Crippen LogP contribution is -2.27. The summed E-state index contributed by atoms with van der Waals surface area (Å²) in [6.07, 6.45) is 8.15. The Kier molecular flexibility index (Phi) is 5.25. The monoisotopic (exact) mass is 439 g/mol. The summed E-state index contributed by atoms with van der Waals surface area (Å²) in [7, 11) is -2.04. The number of carbonyl (C=O) groups excluding carboxylic acids is 4. The van der Waals surface area contributed by atoms with Crippen LogP contribution in [0.5, 0.6) is 0 Å². The van der Waals surface area contributed by atoms with E-state index in [1.165, 1.54) is 0 Å². The highest BCUT2D eigenvalue weighted by Gasteiger charge is 2.58. The molecule has 1 N–H and O–H groups in total. The number of hydrogen-bond acceptors (Lipinski definition) is 9. The molecule has 1 aliphatic carbocycles. The SMILES string of the molecule is COS(C)(=O)=O.O=C1CC(=O)C2C3C=CC(O3)C12.O=C1NC(=O)C2C3C=CC(O3)C12. The fourth-order valence-corrected chi connectivity index (χ4v) is 4.70. The van der Waals surface area contributed by atoms with Crippen molar-refractivity contribution < 1.29 is 41.3 Å². The lowest BCUT2D eigenvalue weighted by atomic mass is 9.85. The Labute approximate surface area is 172 Å². The van der Waals surface area contributed by atoms with Gasteiger partial charge >= 0.3 is 0 Å². The van der Waals surface area contributed by atoms with Crippen LogP contribution in [-0.2, 0) is 43.0 Å². The highest BCUT2D eigenvalue weighted by Crippen LogP contribution is 2.45. The molecule has 8 atom stereocenters. The van der Waals surface area contributed by atoms with Gasteiger partial charge in [0, 0.05) is 0 Å². The topological polar surface area (TPSA) is 142 Å². The van der Waals surface area contributed by atoms with Crippen molar-refractivity contribution in [3.63, 3.8) is 0 Å². The number of imide groups is 1. The third-order valence-corrected chi connectivity index (χ3v) is 6.65. The average Bonchev–Trinajstić information content (AvgIpc) is 3.49. The van der Waals surface area contributed by atoms with Crippen LogP contribution in [0.3, 0.4) is 0 Å². The normalized spacial score (nSPS) is 41.3. The largest absolute Gasteiger partial charge is 0.365 e. The number of amides is 2. The van der Waals surface area contributed by atoms with Gasteiger partial charge in [-0.25, -0.2) is 0 Å². The molecule has 3 saturated heterocycles. The van der Waals surface area contributed by atoms with Crippen LogP contribution in [0.15, 0.2) is 24.3 Å². The molecule has 0 aromatic carbocycles. The zero-order valence-corrected chi connectivity index (χ0v) is 17.0. The van der Waals surface area contributed by atoms with E-state index in [9.17, 15) is 27.6 Å². The summed E-state index contributed by atoms with van der Waals surface area (Å²) in [6.45, 7) is 0. The number of ketones is 2. The van der Waals surface area contributed by atoms with Crippen molar-refractivity contribution in [3.05, 3.63) is 24.3 Å². The summed E-state index contributed by atoms with van der Waals surface area (Å²) in [6, 6.07) is 0. The van der Waals surface area contributed by atoms with Crippen molar-refractivity contribution in [2.45, 2.75) is 30.8 Å². The van der Waals surface area contributed by atoms with Gasteiger partial charge in [0.05, 0.1) is 67.9 Å². The van der Waals surface area contributed by atoms with Gasteiger partial charge in [-0.1, -0.05) is 24.3 Å². The van der Waals surface area contributed by atoms with Gasteiger partial charge in [-0.2, -0.15) is 8.42 Å². The van der Waals surface area contributed by atoms with E-state index in [1.54, 1.807) is 0 Å². The molecule has 0 aromatic heterocycles. The molecule has 10 nitrogen and oxygen atoms in total. The standard InChI is InChI=1S/C9H8O3.C8H7NO3.C2H6O3S/c10-4-3-5(11)9-7-2-1-6(12-7)8(4)9;10-7-5-3-1-2-4(12-3)6(5)8(11)9-7;1-5-6(2,3)4/h1-2,6-9H,3H2;1-6H,(H,9,10,11);1-2H3. The molecule has 4 bridgehead atoms. The zero-order chi connectivity index (χ0) is 21.8. The number of Topliss-reactive ketones (excluding diaryl/α,β-unsaturated/α-hetero) is 2. The predicted octanol–water partition coefficient (Wildman–Crippen LogP) is -1.10. The van der Waals surface area contributed by atoms with E-state index in [2.05, 4.69) is 9.50 Å². The maximum atomic E-state index is 11.3. The third-order valence-electron chi connectivity index (χ3n) is 6.05. The lowest BCUT2D eigenvalue weighted by molar-refractivity contribution is -0.129. The molecule has 11 heteroatoms. The number of fused-ring (bicyclic) bond motifs is 10. The van der Waals surface area contributed by atoms with E-state index in [4.69, 9.17) is 9.47 Å². The number of rotatable bonds is 1. The van der Waals surface area contributed by atoms with Crippen LogP contribution in [0.2, 0.25) is 0 Å². The molecular formula is C19H21NO9S. The number of carbonyl (C=O) groups is 4. The van der Waals surface area contributed by atoms with Crippen LogP contribution >= 0.6 is 0 Å². The summed E-state index contributed by atoms with van der Waals surface area (Å²) >= 11 is 0. The molecule has 1 saturated carbocycles. The van der Waals surface area contributed by atoms with E-state index in [1.807, 2.05) is 24.3 Å². The summed E-state index contributed by atoms with van der Waals surface area (Å²) in [5.74, 6) is -1.02. The minimum absolute atomic E-state index is 0.0712. The van der Waals surface area contributed by atoms with Gasteiger partial charge in [0.25, 0.3) is 10.1 Å². The summed E-state index contributed by atoms with van der Waals surface area (Å²) in [5, 5.41) is 2.32. The fraction of sp³-hybridized carbons (Fsp3) is 0.579. The third kappa shape index (κ3) is 3.55. The van der Waals surface area contributed by atoms with Crippen LogP contribution in [0.1, 0.15) is 6.42 Å². The number of hydrogen-bond donors (Lipinski definition) is 1. The van der Waals surface area contributed by atoms with Gasteiger partial charge in [0.15, 0.2) is 0 Å². The van der Waals surface area contributed by atoms with Crippen molar-refractivity contribution in [2.75, 3.05) is 13.4 Å². The van der Waals surface area contributed by atoms with Gasteiger partial charge < -0.3 is 9.47 Å². The van der Waals surface area contributed by atoms with E-state index in [-0.39, 0.29) is 77.9 Å². The van der Waals surface area contributed by atoms with Gasteiger partial charge in [-0.3, -0.25) is 28.7 Å². The molecule has 2 amide bonds. The van der Waals surface area contributed by atoms with Gasteiger partial charge in [-0.15, -0.1) is 0 Å². The second-order valence-corrected chi connectivity index (χ2v) is 9.58.